The summed E-state index contributed by atoms with van der Waals surface area (Å²) in [4.78, 5) is 10.6. The summed E-state index contributed by atoms with van der Waals surface area (Å²) in [5.41, 5.74) is 6.40. The summed E-state index contributed by atoms with van der Waals surface area (Å²) in [6.07, 6.45) is 5.33. The zero-order chi connectivity index (χ0) is 25.4. The minimum atomic E-state index is -3.43. The Labute approximate surface area is 218 Å². The fourth-order valence-electron chi connectivity index (χ4n) is 4.40. The van der Waals surface area contributed by atoms with Crippen LogP contribution >= 0.6 is 22.9 Å². The van der Waals surface area contributed by atoms with Gasteiger partial charge in [0, 0.05) is 31.9 Å². The highest BCUT2D eigenvalue weighted by molar-refractivity contribution is 7.90. The number of aryl methyl sites for hydroxylation is 1. The molecule has 1 aliphatic rings. The second-order valence-corrected chi connectivity index (χ2v) is 12.0. The molecule has 11 heteroatoms. The number of rotatable bonds is 7. The van der Waals surface area contributed by atoms with Gasteiger partial charge in [-0.3, -0.25) is 4.40 Å². The van der Waals surface area contributed by atoms with Crippen LogP contribution in [-0.2, 0) is 16.4 Å². The predicted molar refractivity (Wildman–Crippen MR) is 144 cm³/mol. The molecule has 4 heterocycles. The van der Waals surface area contributed by atoms with Crippen LogP contribution in [-0.4, -0.2) is 52.4 Å². The summed E-state index contributed by atoms with van der Waals surface area (Å²) in [7, 11) is -1.61. The monoisotopic (exact) mass is 545 g/mol. The first-order valence-corrected chi connectivity index (χ1v) is 14.5. The van der Waals surface area contributed by atoms with E-state index in [0.717, 1.165) is 55.9 Å². The molecule has 0 aliphatic carbocycles. The fraction of sp³-hybridized carbons (Fsp3) is 0.280. The molecular weight excluding hydrogens is 521 g/mol. The van der Waals surface area contributed by atoms with Crippen molar-refractivity contribution in [3.63, 3.8) is 0 Å². The summed E-state index contributed by atoms with van der Waals surface area (Å²) in [6, 6.07) is 10.4. The number of aromatic nitrogens is 3. The molecule has 36 heavy (non-hydrogen) atoms. The molecule has 3 aromatic heterocycles. The number of thiazole rings is 1. The number of imidazole rings is 1. The van der Waals surface area contributed by atoms with Crippen LogP contribution in [0.15, 0.2) is 48.7 Å². The molecule has 188 valence electrons. The molecule has 0 unspecified atom stereocenters. The smallest absolute Gasteiger partial charge is 0.228 e. The van der Waals surface area contributed by atoms with E-state index in [1.165, 1.54) is 27.8 Å². The lowest BCUT2D eigenvalue weighted by atomic mass is 10.0. The average Bonchev–Trinajstić information content (AvgIpc) is 3.49. The van der Waals surface area contributed by atoms with Gasteiger partial charge in [0.05, 0.1) is 22.0 Å². The first-order valence-electron chi connectivity index (χ1n) is 11.5. The van der Waals surface area contributed by atoms with Crippen molar-refractivity contribution in [2.75, 3.05) is 30.7 Å². The number of halogens is 2. The van der Waals surface area contributed by atoms with Gasteiger partial charge in [-0.2, -0.15) is 4.31 Å². The van der Waals surface area contributed by atoms with E-state index in [4.69, 9.17) is 21.6 Å². The standard InChI is InChI=1S/C25H25ClFN5O2S2/c1-3-20-23(24-22(30-25(28-2)35-24)17-4-7-19(27)8-5-17)32-14-18(6-9-21(32)29-20)16-10-12-31(13-11-16)36(33,34)15-26/h4-10,14H,3,11-13,15H2,1-2H3,(H,28,30). The maximum absolute atomic E-state index is 13.6. The number of anilines is 1. The molecule has 7 nitrogen and oxygen atoms in total. The van der Waals surface area contributed by atoms with Crippen molar-refractivity contribution in [2.45, 2.75) is 19.8 Å². The second kappa shape index (κ2) is 9.93. The van der Waals surface area contributed by atoms with Crippen LogP contribution in [0.25, 0.3) is 33.0 Å². The highest BCUT2D eigenvalue weighted by Crippen LogP contribution is 2.41. The van der Waals surface area contributed by atoms with Gasteiger partial charge in [-0.25, -0.2) is 22.8 Å². The SMILES string of the molecule is CCc1nc2ccc(C3=CCN(S(=O)(=O)CCl)CC3)cn2c1-c1sc(NC)nc1-c1ccc(F)cc1. The van der Waals surface area contributed by atoms with Gasteiger partial charge in [-0.1, -0.05) is 24.3 Å². The van der Waals surface area contributed by atoms with Gasteiger partial charge in [0.15, 0.2) is 5.13 Å². The Hall–Kier alpha value is -2.79. The lowest BCUT2D eigenvalue weighted by molar-refractivity contribution is 0.444. The number of hydrogen-bond donors (Lipinski definition) is 1. The van der Waals surface area contributed by atoms with E-state index < -0.39 is 15.2 Å². The summed E-state index contributed by atoms with van der Waals surface area (Å²) in [5.74, 6) is -0.295. The Bertz CT molecular complexity index is 1560. The molecule has 4 aromatic rings. The van der Waals surface area contributed by atoms with Crippen LogP contribution in [0.5, 0.6) is 0 Å². The number of alkyl halides is 1. The second-order valence-electron chi connectivity index (χ2n) is 8.42. The van der Waals surface area contributed by atoms with E-state index in [0.29, 0.717) is 19.5 Å². The van der Waals surface area contributed by atoms with Crippen molar-refractivity contribution in [2.24, 2.45) is 0 Å². The number of sulfonamides is 1. The molecule has 0 amide bonds. The van der Waals surface area contributed by atoms with Gasteiger partial charge in [-0.05, 0) is 60.4 Å². The summed E-state index contributed by atoms with van der Waals surface area (Å²) < 4.78 is 41.4. The average molecular weight is 546 g/mol. The molecule has 0 fully saturated rings. The molecule has 1 aliphatic heterocycles. The Morgan fingerprint density at radius 2 is 1.89 bits per heavy atom. The van der Waals surface area contributed by atoms with Crippen molar-refractivity contribution in [1.29, 1.82) is 0 Å². The molecule has 0 spiro atoms. The lowest BCUT2D eigenvalue weighted by Crippen LogP contribution is -2.35. The first kappa shape index (κ1) is 24.9. The van der Waals surface area contributed by atoms with Gasteiger partial charge >= 0.3 is 0 Å². The van der Waals surface area contributed by atoms with Gasteiger partial charge in [-0.15, -0.1) is 11.6 Å². The maximum atomic E-state index is 13.6. The topological polar surface area (TPSA) is 79.6 Å². The minimum absolute atomic E-state index is 0.295. The van der Waals surface area contributed by atoms with Gasteiger partial charge in [0.1, 0.15) is 16.7 Å². The normalized spacial score (nSPS) is 14.8. The van der Waals surface area contributed by atoms with Crippen LogP contribution in [0.2, 0.25) is 0 Å². The quantitative estimate of drug-likeness (QED) is 0.311. The van der Waals surface area contributed by atoms with Crippen LogP contribution in [0.1, 0.15) is 24.6 Å². The van der Waals surface area contributed by atoms with Crippen LogP contribution < -0.4 is 5.32 Å². The van der Waals surface area contributed by atoms with Gasteiger partial charge < -0.3 is 5.32 Å². The minimum Gasteiger partial charge on any atom is -0.365 e. The Balaban J connectivity index is 1.62. The first-order chi connectivity index (χ1) is 17.3. The number of nitrogens with one attached hydrogen (secondary N) is 1. The highest BCUT2D eigenvalue weighted by atomic mass is 35.5. The van der Waals surface area contributed by atoms with E-state index in [1.54, 1.807) is 12.1 Å². The molecular formula is C25H25ClFN5O2S2. The van der Waals surface area contributed by atoms with E-state index >= 15 is 0 Å². The van der Waals surface area contributed by atoms with Crippen LogP contribution in [0.3, 0.4) is 0 Å². The van der Waals surface area contributed by atoms with Crippen molar-refractivity contribution >= 4 is 49.3 Å². The van der Waals surface area contributed by atoms with E-state index in [9.17, 15) is 12.8 Å². The number of pyridine rings is 1. The number of nitrogens with zero attached hydrogens (tertiary/aromatic N) is 4. The third-order valence-corrected chi connectivity index (χ3v) is 9.57. The Kier molecular flexibility index (Phi) is 6.86. The zero-order valence-electron chi connectivity index (χ0n) is 19.8. The van der Waals surface area contributed by atoms with Crippen LogP contribution in [0, 0.1) is 5.82 Å². The van der Waals surface area contributed by atoms with E-state index in [1.807, 2.05) is 25.3 Å². The maximum Gasteiger partial charge on any atom is 0.228 e. The summed E-state index contributed by atoms with van der Waals surface area (Å²) in [5, 5.41) is 3.47. The Morgan fingerprint density at radius 3 is 2.53 bits per heavy atom. The molecule has 0 radical (unpaired) electrons. The molecule has 0 saturated heterocycles. The van der Waals surface area contributed by atoms with E-state index in [2.05, 4.69) is 22.8 Å². The highest BCUT2D eigenvalue weighted by Gasteiger charge is 2.25. The van der Waals surface area contributed by atoms with Gasteiger partial charge in [0.25, 0.3) is 0 Å². The van der Waals surface area contributed by atoms with Crippen molar-refractivity contribution in [1.82, 2.24) is 18.7 Å². The van der Waals surface area contributed by atoms with E-state index in [-0.39, 0.29) is 5.82 Å². The lowest BCUT2D eigenvalue weighted by Gasteiger charge is -2.25. The largest absolute Gasteiger partial charge is 0.365 e. The fourth-order valence-corrected chi connectivity index (χ4v) is 6.62. The third kappa shape index (κ3) is 4.54. The van der Waals surface area contributed by atoms with Gasteiger partial charge in [0.2, 0.25) is 10.0 Å². The number of fused-ring (bicyclic) bond motifs is 1. The zero-order valence-corrected chi connectivity index (χ0v) is 22.2. The molecule has 0 saturated carbocycles. The van der Waals surface area contributed by atoms with Crippen molar-refractivity contribution in [3.05, 3.63) is 65.7 Å². The summed E-state index contributed by atoms with van der Waals surface area (Å²) in [6.45, 7) is 2.76. The molecule has 1 N–H and O–H groups in total. The van der Waals surface area contributed by atoms with Crippen LogP contribution in [0.4, 0.5) is 9.52 Å². The number of hydrogen-bond acceptors (Lipinski definition) is 6. The van der Waals surface area contributed by atoms with Crippen molar-refractivity contribution < 1.29 is 12.8 Å². The Morgan fingerprint density at radius 1 is 1.14 bits per heavy atom. The third-order valence-electron chi connectivity index (χ3n) is 6.27. The molecule has 0 atom stereocenters. The molecule has 0 bridgehead atoms. The summed E-state index contributed by atoms with van der Waals surface area (Å²) >= 11 is 7.16. The predicted octanol–water partition coefficient (Wildman–Crippen LogP) is 5.48. The molecule has 5 rings (SSSR count). The molecule has 1 aromatic carbocycles. The van der Waals surface area contributed by atoms with Crippen molar-refractivity contribution in [3.8, 4) is 21.8 Å². The number of benzene rings is 1.